The van der Waals surface area contributed by atoms with E-state index >= 15 is 0 Å². The van der Waals surface area contributed by atoms with Crippen molar-refractivity contribution in [1.82, 2.24) is 5.32 Å². The van der Waals surface area contributed by atoms with Crippen LogP contribution in [-0.2, 0) is 10.1 Å². The van der Waals surface area contributed by atoms with Gasteiger partial charge in [0.15, 0.2) is 0 Å². The second-order valence-corrected chi connectivity index (χ2v) is 4.51. The molecule has 0 aromatic carbocycles. The first kappa shape index (κ1) is 8.96. The van der Waals surface area contributed by atoms with E-state index in [9.17, 15) is 8.42 Å². The van der Waals surface area contributed by atoms with E-state index in [-0.39, 0.29) is 5.75 Å². The molecule has 0 spiro atoms. The lowest BCUT2D eigenvalue weighted by Crippen LogP contribution is -2.24. The van der Waals surface area contributed by atoms with E-state index in [0.717, 1.165) is 12.5 Å². The molecule has 0 amide bonds. The average Bonchev–Trinajstić information content (AvgIpc) is 2.60. The predicted octanol–water partition coefficient (Wildman–Crippen LogP) is -0.126. The Morgan fingerprint density at radius 1 is 1.45 bits per heavy atom. The highest BCUT2D eigenvalue weighted by molar-refractivity contribution is 7.85. The second-order valence-electron chi connectivity index (χ2n) is 2.93. The van der Waals surface area contributed by atoms with Crippen molar-refractivity contribution in [3.05, 3.63) is 0 Å². The predicted molar refractivity (Wildman–Crippen MR) is 42.0 cm³/mol. The summed E-state index contributed by atoms with van der Waals surface area (Å²) in [6, 6.07) is 0. The van der Waals surface area contributed by atoms with Gasteiger partial charge in [-0.25, -0.2) is 0 Å². The Labute approximate surface area is 66.7 Å². The van der Waals surface area contributed by atoms with E-state index in [0.29, 0.717) is 6.54 Å². The highest BCUT2D eigenvalue weighted by Gasteiger charge is 2.20. The molecule has 0 radical (unpaired) electrons. The zero-order valence-corrected chi connectivity index (χ0v) is 7.10. The van der Waals surface area contributed by atoms with Crippen LogP contribution in [0.3, 0.4) is 0 Å². The third-order valence-corrected chi connectivity index (χ3v) is 2.39. The van der Waals surface area contributed by atoms with Gasteiger partial charge in [-0.2, -0.15) is 8.42 Å². The molecular formula is C6H13NO3S. The van der Waals surface area contributed by atoms with Crippen LogP contribution >= 0.6 is 0 Å². The molecule has 5 heteroatoms. The Bertz CT molecular complexity index is 208. The monoisotopic (exact) mass is 179 g/mol. The Morgan fingerprint density at radius 3 is 2.55 bits per heavy atom. The molecule has 0 unspecified atom stereocenters. The largest absolute Gasteiger partial charge is 0.315 e. The van der Waals surface area contributed by atoms with Crippen molar-refractivity contribution in [3.63, 3.8) is 0 Å². The maximum atomic E-state index is 10.2. The molecule has 2 N–H and O–H groups in total. The quantitative estimate of drug-likeness (QED) is 0.456. The molecular weight excluding hydrogens is 166 g/mol. The van der Waals surface area contributed by atoms with Gasteiger partial charge in [0.05, 0.1) is 5.75 Å². The molecule has 1 aliphatic rings. The van der Waals surface area contributed by atoms with Crippen molar-refractivity contribution in [2.24, 2.45) is 5.92 Å². The van der Waals surface area contributed by atoms with E-state index in [1.54, 1.807) is 0 Å². The van der Waals surface area contributed by atoms with Crippen molar-refractivity contribution in [2.45, 2.75) is 12.8 Å². The highest BCUT2D eigenvalue weighted by atomic mass is 32.2. The number of hydrogen-bond donors (Lipinski definition) is 2. The van der Waals surface area contributed by atoms with Crippen molar-refractivity contribution in [1.29, 1.82) is 0 Å². The van der Waals surface area contributed by atoms with Crippen LogP contribution in [0.25, 0.3) is 0 Å². The molecule has 1 rings (SSSR count). The average molecular weight is 179 g/mol. The molecule has 11 heavy (non-hydrogen) atoms. The second kappa shape index (κ2) is 3.51. The van der Waals surface area contributed by atoms with Crippen molar-refractivity contribution in [3.8, 4) is 0 Å². The fourth-order valence-corrected chi connectivity index (χ4v) is 1.23. The van der Waals surface area contributed by atoms with Gasteiger partial charge < -0.3 is 5.32 Å². The van der Waals surface area contributed by atoms with Crippen LogP contribution in [0.4, 0.5) is 0 Å². The van der Waals surface area contributed by atoms with Gasteiger partial charge in [0, 0.05) is 6.54 Å². The van der Waals surface area contributed by atoms with Crippen molar-refractivity contribution < 1.29 is 13.0 Å². The topological polar surface area (TPSA) is 66.4 Å². The standard InChI is InChI=1S/C6H13NO3S/c8-11(9,10)4-3-7-5-6-1-2-6/h6-7H,1-5H2,(H,8,9,10). The van der Waals surface area contributed by atoms with E-state index in [1.165, 1.54) is 12.8 Å². The molecule has 1 aliphatic carbocycles. The maximum absolute atomic E-state index is 10.2. The highest BCUT2D eigenvalue weighted by Crippen LogP contribution is 2.27. The smallest absolute Gasteiger partial charge is 0.266 e. The van der Waals surface area contributed by atoms with Crippen LogP contribution < -0.4 is 5.32 Å². The summed E-state index contributed by atoms with van der Waals surface area (Å²) in [5, 5.41) is 2.96. The lowest BCUT2D eigenvalue weighted by Gasteiger charge is -1.99. The number of nitrogens with one attached hydrogen (secondary N) is 1. The summed E-state index contributed by atoms with van der Waals surface area (Å²) in [5.41, 5.74) is 0. The molecule has 0 bridgehead atoms. The minimum Gasteiger partial charge on any atom is -0.315 e. The van der Waals surface area contributed by atoms with Crippen LogP contribution in [0.1, 0.15) is 12.8 Å². The summed E-state index contributed by atoms with van der Waals surface area (Å²) in [4.78, 5) is 0. The summed E-state index contributed by atoms with van der Waals surface area (Å²) in [6.45, 7) is 1.24. The van der Waals surface area contributed by atoms with Gasteiger partial charge in [-0.15, -0.1) is 0 Å². The van der Waals surface area contributed by atoms with Gasteiger partial charge in [-0.1, -0.05) is 0 Å². The van der Waals surface area contributed by atoms with Gasteiger partial charge in [0.1, 0.15) is 0 Å². The van der Waals surface area contributed by atoms with Gasteiger partial charge in [-0.05, 0) is 25.3 Å². The number of rotatable bonds is 5. The first-order valence-corrected chi connectivity index (χ1v) is 5.35. The Hall–Kier alpha value is -0.130. The Balaban J connectivity index is 1.95. The van der Waals surface area contributed by atoms with Gasteiger partial charge in [0.25, 0.3) is 10.1 Å². The van der Waals surface area contributed by atoms with E-state index < -0.39 is 10.1 Å². The zero-order chi connectivity index (χ0) is 8.32. The molecule has 4 nitrogen and oxygen atoms in total. The van der Waals surface area contributed by atoms with Gasteiger partial charge in [0.2, 0.25) is 0 Å². The Morgan fingerprint density at radius 2 is 2.09 bits per heavy atom. The summed E-state index contributed by atoms with van der Waals surface area (Å²) in [5.74, 6) is 0.566. The molecule has 0 heterocycles. The third-order valence-electron chi connectivity index (χ3n) is 1.67. The lowest BCUT2D eigenvalue weighted by atomic mass is 10.4. The van der Waals surface area contributed by atoms with Crippen LogP contribution in [-0.4, -0.2) is 31.8 Å². The normalized spacial score (nSPS) is 18.6. The fourth-order valence-electron chi connectivity index (χ4n) is 0.829. The minimum atomic E-state index is -3.76. The van der Waals surface area contributed by atoms with E-state index in [1.807, 2.05) is 0 Å². The summed E-state index contributed by atoms with van der Waals surface area (Å²) in [6.07, 6.45) is 2.50. The lowest BCUT2D eigenvalue weighted by molar-refractivity contribution is 0.480. The maximum Gasteiger partial charge on any atom is 0.266 e. The first-order valence-electron chi connectivity index (χ1n) is 3.74. The van der Waals surface area contributed by atoms with Crippen LogP contribution in [0.15, 0.2) is 0 Å². The summed E-state index contributed by atoms with van der Waals surface area (Å²) in [7, 11) is -3.76. The fraction of sp³-hybridized carbons (Fsp3) is 1.00. The molecule has 0 atom stereocenters. The summed E-state index contributed by atoms with van der Waals surface area (Å²) >= 11 is 0. The molecule has 0 saturated heterocycles. The van der Waals surface area contributed by atoms with Crippen LogP contribution in [0.5, 0.6) is 0 Å². The molecule has 0 aromatic rings. The van der Waals surface area contributed by atoms with Crippen LogP contribution in [0, 0.1) is 5.92 Å². The molecule has 1 fully saturated rings. The van der Waals surface area contributed by atoms with Crippen molar-refractivity contribution >= 4 is 10.1 Å². The van der Waals surface area contributed by atoms with Crippen LogP contribution in [0.2, 0.25) is 0 Å². The third kappa shape index (κ3) is 5.17. The Kier molecular flexibility index (Phi) is 2.86. The van der Waals surface area contributed by atoms with E-state index in [2.05, 4.69) is 5.32 Å². The SMILES string of the molecule is O=S(=O)(O)CCNCC1CC1. The van der Waals surface area contributed by atoms with Gasteiger partial charge >= 0.3 is 0 Å². The van der Waals surface area contributed by atoms with Gasteiger partial charge in [-0.3, -0.25) is 4.55 Å². The first-order chi connectivity index (χ1) is 5.08. The molecule has 1 saturated carbocycles. The zero-order valence-electron chi connectivity index (χ0n) is 6.28. The number of hydrogen-bond acceptors (Lipinski definition) is 3. The molecule has 66 valence electrons. The molecule has 0 aliphatic heterocycles. The minimum absolute atomic E-state index is 0.181. The van der Waals surface area contributed by atoms with E-state index in [4.69, 9.17) is 4.55 Å². The van der Waals surface area contributed by atoms with Crippen molar-refractivity contribution in [2.75, 3.05) is 18.8 Å². The molecule has 0 aromatic heterocycles. The summed E-state index contributed by atoms with van der Waals surface area (Å²) < 4.78 is 28.7.